The van der Waals surface area contributed by atoms with Crippen LogP contribution < -0.4 is 5.32 Å². The lowest BCUT2D eigenvalue weighted by atomic mass is 10.1. The molecule has 0 aliphatic rings. The summed E-state index contributed by atoms with van der Waals surface area (Å²) in [4.78, 5) is 17.0. The fraction of sp³-hybridized carbons (Fsp3) is 0. The molecule has 3 nitrogen and oxygen atoms in total. The number of benzene rings is 3. The normalized spacial score (nSPS) is 11.2. The van der Waals surface area contributed by atoms with Gasteiger partial charge in [-0.2, -0.15) is 0 Å². The SMILES string of the molecule is O=C(Nc1ccc(C=Cc2nc3ccccc3s2)cc1)c1ccc(Cl)cc1Cl. The highest BCUT2D eigenvalue weighted by atomic mass is 35.5. The molecule has 0 radical (unpaired) electrons. The topological polar surface area (TPSA) is 42.0 Å². The Morgan fingerprint density at radius 1 is 0.964 bits per heavy atom. The van der Waals surface area contributed by atoms with E-state index >= 15 is 0 Å². The number of fused-ring (bicyclic) bond motifs is 1. The van der Waals surface area contributed by atoms with E-state index in [0.29, 0.717) is 21.3 Å². The van der Waals surface area contributed by atoms with Crippen LogP contribution in [0.15, 0.2) is 66.7 Å². The molecule has 28 heavy (non-hydrogen) atoms. The summed E-state index contributed by atoms with van der Waals surface area (Å²) >= 11 is 13.6. The maximum atomic E-state index is 12.4. The molecule has 0 saturated heterocycles. The van der Waals surface area contributed by atoms with Crippen LogP contribution in [0.4, 0.5) is 5.69 Å². The molecule has 4 aromatic rings. The van der Waals surface area contributed by atoms with Crippen LogP contribution in [0, 0.1) is 0 Å². The van der Waals surface area contributed by atoms with E-state index in [1.54, 1.807) is 29.5 Å². The molecule has 0 aliphatic carbocycles. The highest BCUT2D eigenvalue weighted by molar-refractivity contribution is 7.19. The minimum atomic E-state index is -0.278. The van der Waals surface area contributed by atoms with Crippen molar-refractivity contribution in [1.29, 1.82) is 0 Å². The number of hydrogen-bond acceptors (Lipinski definition) is 3. The van der Waals surface area contributed by atoms with Gasteiger partial charge in [-0.3, -0.25) is 4.79 Å². The van der Waals surface area contributed by atoms with Gasteiger partial charge in [-0.25, -0.2) is 4.98 Å². The van der Waals surface area contributed by atoms with Crippen LogP contribution >= 0.6 is 34.5 Å². The second kappa shape index (κ2) is 8.15. The number of anilines is 1. The first-order valence-corrected chi connectivity index (χ1v) is 10.1. The van der Waals surface area contributed by atoms with Gasteiger partial charge in [-0.15, -0.1) is 11.3 Å². The molecule has 0 spiro atoms. The van der Waals surface area contributed by atoms with E-state index in [2.05, 4.69) is 16.4 Å². The summed E-state index contributed by atoms with van der Waals surface area (Å²) in [5.74, 6) is -0.278. The van der Waals surface area contributed by atoms with Crippen molar-refractivity contribution in [2.24, 2.45) is 0 Å². The van der Waals surface area contributed by atoms with Gasteiger partial charge in [-0.1, -0.05) is 53.5 Å². The lowest BCUT2D eigenvalue weighted by Gasteiger charge is -2.07. The van der Waals surface area contributed by atoms with E-state index < -0.39 is 0 Å². The van der Waals surface area contributed by atoms with Gasteiger partial charge >= 0.3 is 0 Å². The Hall–Kier alpha value is -2.66. The molecule has 1 amide bonds. The molecule has 0 bridgehead atoms. The molecular weight excluding hydrogens is 411 g/mol. The first-order valence-electron chi connectivity index (χ1n) is 8.48. The van der Waals surface area contributed by atoms with Crippen molar-refractivity contribution in [3.05, 3.63) is 92.9 Å². The van der Waals surface area contributed by atoms with Gasteiger partial charge in [0.05, 0.1) is 20.8 Å². The number of carbonyl (C=O) groups is 1. The van der Waals surface area contributed by atoms with Gasteiger partial charge in [0.2, 0.25) is 0 Å². The molecule has 0 saturated carbocycles. The molecule has 3 aromatic carbocycles. The van der Waals surface area contributed by atoms with Gasteiger partial charge in [0.15, 0.2) is 0 Å². The van der Waals surface area contributed by atoms with Crippen LogP contribution in [-0.4, -0.2) is 10.9 Å². The molecule has 1 heterocycles. The van der Waals surface area contributed by atoms with Crippen molar-refractivity contribution in [3.8, 4) is 0 Å². The monoisotopic (exact) mass is 424 g/mol. The summed E-state index contributed by atoms with van der Waals surface area (Å²) in [5, 5.41) is 4.60. The average Bonchev–Trinajstić information content (AvgIpc) is 3.10. The summed E-state index contributed by atoms with van der Waals surface area (Å²) in [5.41, 5.74) is 3.09. The molecule has 4 rings (SSSR count). The summed E-state index contributed by atoms with van der Waals surface area (Å²) in [6, 6.07) is 20.4. The largest absolute Gasteiger partial charge is 0.322 e. The number of nitrogens with zero attached hydrogens (tertiary/aromatic N) is 1. The molecule has 0 unspecified atom stereocenters. The van der Waals surface area contributed by atoms with Crippen molar-refractivity contribution < 1.29 is 4.79 Å². The lowest BCUT2D eigenvalue weighted by molar-refractivity contribution is 0.102. The Morgan fingerprint density at radius 2 is 1.75 bits per heavy atom. The van der Waals surface area contributed by atoms with Crippen molar-refractivity contribution >= 4 is 68.5 Å². The van der Waals surface area contributed by atoms with Crippen molar-refractivity contribution in [3.63, 3.8) is 0 Å². The second-order valence-corrected chi connectivity index (χ2v) is 7.96. The van der Waals surface area contributed by atoms with Gasteiger partial charge in [0, 0.05) is 10.7 Å². The predicted octanol–water partition coefficient (Wildman–Crippen LogP) is 7.03. The van der Waals surface area contributed by atoms with Crippen molar-refractivity contribution in [2.75, 3.05) is 5.32 Å². The van der Waals surface area contributed by atoms with E-state index in [9.17, 15) is 4.79 Å². The van der Waals surface area contributed by atoms with E-state index in [1.165, 1.54) is 4.70 Å². The molecule has 6 heteroatoms. The minimum Gasteiger partial charge on any atom is -0.322 e. The first kappa shape index (κ1) is 18.7. The summed E-state index contributed by atoms with van der Waals surface area (Å²) in [7, 11) is 0. The summed E-state index contributed by atoms with van der Waals surface area (Å²) in [6.07, 6.45) is 3.99. The zero-order valence-corrected chi connectivity index (χ0v) is 16.9. The molecule has 0 fully saturated rings. The Labute approximate surface area is 176 Å². The first-order chi connectivity index (χ1) is 13.6. The van der Waals surface area contributed by atoms with E-state index in [0.717, 1.165) is 16.1 Å². The van der Waals surface area contributed by atoms with E-state index in [4.69, 9.17) is 23.2 Å². The predicted molar refractivity (Wildman–Crippen MR) is 119 cm³/mol. The van der Waals surface area contributed by atoms with E-state index in [1.807, 2.05) is 54.6 Å². The Kier molecular flexibility index (Phi) is 5.44. The number of nitrogens with one attached hydrogen (secondary N) is 1. The lowest BCUT2D eigenvalue weighted by Crippen LogP contribution is -2.12. The van der Waals surface area contributed by atoms with Crippen LogP contribution in [0.5, 0.6) is 0 Å². The third-order valence-electron chi connectivity index (χ3n) is 4.07. The minimum absolute atomic E-state index is 0.278. The fourth-order valence-corrected chi connectivity index (χ4v) is 4.04. The van der Waals surface area contributed by atoms with E-state index in [-0.39, 0.29) is 5.91 Å². The third kappa shape index (κ3) is 4.25. The standard InChI is InChI=1S/C22H14Cl2N2OS/c23-15-8-11-17(18(24)13-15)22(27)25-16-9-5-14(6-10-16)7-12-21-26-19-3-1-2-4-20(19)28-21/h1-13H,(H,25,27). The summed E-state index contributed by atoms with van der Waals surface area (Å²) in [6.45, 7) is 0. The van der Waals surface area contributed by atoms with Crippen LogP contribution in [0.2, 0.25) is 10.0 Å². The van der Waals surface area contributed by atoms with Crippen LogP contribution in [0.1, 0.15) is 20.9 Å². The summed E-state index contributed by atoms with van der Waals surface area (Å²) < 4.78 is 1.17. The van der Waals surface area contributed by atoms with Gasteiger partial charge < -0.3 is 5.32 Å². The van der Waals surface area contributed by atoms with Crippen LogP contribution in [0.3, 0.4) is 0 Å². The smallest absolute Gasteiger partial charge is 0.257 e. The number of amides is 1. The molecule has 1 aromatic heterocycles. The number of para-hydroxylation sites is 1. The highest BCUT2D eigenvalue weighted by Crippen LogP contribution is 2.24. The number of carbonyl (C=O) groups excluding carboxylic acids is 1. The van der Waals surface area contributed by atoms with Crippen molar-refractivity contribution in [1.82, 2.24) is 4.98 Å². The second-order valence-electron chi connectivity index (χ2n) is 6.05. The number of aromatic nitrogens is 1. The number of halogens is 2. The highest BCUT2D eigenvalue weighted by Gasteiger charge is 2.10. The zero-order valence-electron chi connectivity index (χ0n) is 14.5. The Bertz CT molecular complexity index is 1150. The van der Waals surface area contributed by atoms with Crippen LogP contribution in [0.25, 0.3) is 22.4 Å². The molecular formula is C22H14Cl2N2OS. The maximum Gasteiger partial charge on any atom is 0.257 e. The third-order valence-corrected chi connectivity index (χ3v) is 5.62. The molecule has 0 aliphatic heterocycles. The van der Waals surface area contributed by atoms with Gasteiger partial charge in [0.25, 0.3) is 5.91 Å². The quantitative estimate of drug-likeness (QED) is 0.382. The average molecular weight is 425 g/mol. The number of thiazole rings is 1. The molecule has 138 valence electrons. The Balaban J connectivity index is 1.45. The molecule has 1 N–H and O–H groups in total. The fourth-order valence-electron chi connectivity index (χ4n) is 2.68. The number of hydrogen-bond donors (Lipinski definition) is 1. The van der Waals surface area contributed by atoms with Gasteiger partial charge in [0.1, 0.15) is 5.01 Å². The Morgan fingerprint density at radius 3 is 2.50 bits per heavy atom. The number of rotatable bonds is 4. The zero-order chi connectivity index (χ0) is 19.5. The maximum absolute atomic E-state index is 12.4. The van der Waals surface area contributed by atoms with Crippen LogP contribution in [-0.2, 0) is 0 Å². The van der Waals surface area contributed by atoms with Crippen molar-refractivity contribution in [2.45, 2.75) is 0 Å². The van der Waals surface area contributed by atoms with Gasteiger partial charge in [-0.05, 0) is 54.1 Å². The molecule has 0 atom stereocenters.